The molecule has 0 atom stereocenters. The van der Waals surface area contributed by atoms with Crippen LogP contribution in [0.4, 0.5) is 0 Å². The molecule has 4 rings (SSSR count). The first-order chi connectivity index (χ1) is 15.9. The number of rotatable bonds is 8. The zero-order valence-corrected chi connectivity index (χ0v) is 19.2. The van der Waals surface area contributed by atoms with Crippen LogP contribution in [0.15, 0.2) is 65.4 Å². The Morgan fingerprint density at radius 3 is 2.70 bits per heavy atom. The molecule has 0 spiro atoms. The summed E-state index contributed by atoms with van der Waals surface area (Å²) in [7, 11) is 1.65. The van der Waals surface area contributed by atoms with Gasteiger partial charge >= 0.3 is 5.97 Å². The standard InChI is InChI=1S/C26H27N3O4/c1-17(2)22-14-20(8-10-26(22)33-18(3)30)24-16-27-29(28-24)12-11-19-7-9-21(31-4)15-23(19)25-6-5-13-32-25/h5-10,13-17H,11-12H2,1-4H3. The van der Waals surface area contributed by atoms with Gasteiger partial charge in [0.25, 0.3) is 0 Å². The molecule has 2 heterocycles. The molecule has 0 N–H and O–H groups in total. The van der Waals surface area contributed by atoms with Crippen LogP contribution in [0, 0.1) is 0 Å². The van der Waals surface area contributed by atoms with Crippen molar-refractivity contribution >= 4 is 5.97 Å². The molecule has 170 valence electrons. The normalized spacial score (nSPS) is 11.1. The molecule has 33 heavy (non-hydrogen) atoms. The summed E-state index contributed by atoms with van der Waals surface area (Å²) in [4.78, 5) is 13.1. The van der Waals surface area contributed by atoms with Gasteiger partial charge < -0.3 is 13.9 Å². The molecule has 0 fully saturated rings. The number of ether oxygens (including phenoxy) is 2. The fraction of sp³-hybridized carbons (Fsp3) is 0.269. The summed E-state index contributed by atoms with van der Waals surface area (Å²) < 4.78 is 16.3. The Kier molecular flexibility index (Phi) is 6.58. The predicted octanol–water partition coefficient (Wildman–Crippen LogP) is 5.51. The Bertz CT molecular complexity index is 1240. The summed E-state index contributed by atoms with van der Waals surface area (Å²) in [6.45, 7) is 6.15. The fourth-order valence-electron chi connectivity index (χ4n) is 3.73. The number of nitrogens with zero attached hydrogens (tertiary/aromatic N) is 3. The molecule has 0 unspecified atom stereocenters. The Morgan fingerprint density at radius 2 is 2.00 bits per heavy atom. The topological polar surface area (TPSA) is 79.4 Å². The van der Waals surface area contributed by atoms with E-state index in [9.17, 15) is 4.79 Å². The highest BCUT2D eigenvalue weighted by molar-refractivity contribution is 5.71. The van der Waals surface area contributed by atoms with Gasteiger partial charge in [0.15, 0.2) is 0 Å². The van der Waals surface area contributed by atoms with E-state index < -0.39 is 0 Å². The van der Waals surface area contributed by atoms with Crippen LogP contribution in [0.1, 0.15) is 37.8 Å². The summed E-state index contributed by atoms with van der Waals surface area (Å²) in [5.41, 5.74) is 4.78. The van der Waals surface area contributed by atoms with Gasteiger partial charge in [-0.3, -0.25) is 4.79 Å². The van der Waals surface area contributed by atoms with Crippen molar-refractivity contribution in [3.63, 3.8) is 0 Å². The van der Waals surface area contributed by atoms with Crippen molar-refractivity contribution in [2.45, 2.75) is 39.7 Å². The molecule has 0 radical (unpaired) electrons. The van der Waals surface area contributed by atoms with Crippen LogP contribution in [-0.4, -0.2) is 28.1 Å². The summed E-state index contributed by atoms with van der Waals surface area (Å²) in [5.74, 6) is 2.03. The van der Waals surface area contributed by atoms with E-state index in [4.69, 9.17) is 13.9 Å². The number of furan rings is 1. The van der Waals surface area contributed by atoms with Crippen molar-refractivity contribution in [1.82, 2.24) is 15.0 Å². The molecular formula is C26H27N3O4. The SMILES string of the molecule is COc1ccc(CCn2ncc(-c3ccc(OC(C)=O)c(C(C)C)c3)n2)c(-c2ccco2)c1. The van der Waals surface area contributed by atoms with Crippen LogP contribution in [0.2, 0.25) is 0 Å². The summed E-state index contributed by atoms with van der Waals surface area (Å²) >= 11 is 0. The van der Waals surface area contributed by atoms with Crippen molar-refractivity contribution in [1.29, 1.82) is 0 Å². The van der Waals surface area contributed by atoms with Crippen molar-refractivity contribution < 1.29 is 18.7 Å². The average molecular weight is 446 g/mol. The number of aryl methyl sites for hydroxylation is 2. The monoisotopic (exact) mass is 445 g/mol. The van der Waals surface area contributed by atoms with Crippen LogP contribution < -0.4 is 9.47 Å². The van der Waals surface area contributed by atoms with Crippen LogP contribution in [0.3, 0.4) is 0 Å². The van der Waals surface area contributed by atoms with Crippen molar-refractivity contribution in [2.75, 3.05) is 7.11 Å². The molecule has 0 aliphatic rings. The van der Waals surface area contributed by atoms with Gasteiger partial charge in [0.05, 0.1) is 26.1 Å². The lowest BCUT2D eigenvalue weighted by Crippen LogP contribution is -2.06. The van der Waals surface area contributed by atoms with Crippen molar-refractivity contribution in [3.05, 3.63) is 72.1 Å². The van der Waals surface area contributed by atoms with Crippen LogP contribution in [0.5, 0.6) is 11.5 Å². The minimum absolute atomic E-state index is 0.199. The quantitative estimate of drug-likeness (QED) is 0.263. The fourth-order valence-corrected chi connectivity index (χ4v) is 3.73. The van der Waals surface area contributed by atoms with E-state index >= 15 is 0 Å². The number of hydrogen-bond acceptors (Lipinski definition) is 6. The Hall–Kier alpha value is -3.87. The van der Waals surface area contributed by atoms with Gasteiger partial charge in [-0.2, -0.15) is 15.0 Å². The van der Waals surface area contributed by atoms with Crippen molar-refractivity contribution in [2.24, 2.45) is 0 Å². The maximum absolute atomic E-state index is 11.4. The molecule has 2 aromatic heterocycles. The zero-order valence-electron chi connectivity index (χ0n) is 19.2. The first-order valence-corrected chi connectivity index (χ1v) is 10.9. The second kappa shape index (κ2) is 9.73. The minimum Gasteiger partial charge on any atom is -0.497 e. The highest BCUT2D eigenvalue weighted by Crippen LogP contribution is 2.32. The van der Waals surface area contributed by atoms with Gasteiger partial charge in [-0.1, -0.05) is 19.9 Å². The lowest BCUT2D eigenvalue weighted by molar-refractivity contribution is -0.131. The smallest absolute Gasteiger partial charge is 0.308 e. The lowest BCUT2D eigenvalue weighted by Gasteiger charge is -2.13. The average Bonchev–Trinajstić information content (AvgIpc) is 3.50. The molecule has 0 amide bonds. The van der Waals surface area contributed by atoms with Crippen LogP contribution >= 0.6 is 0 Å². The van der Waals surface area contributed by atoms with Crippen LogP contribution in [0.25, 0.3) is 22.6 Å². The Balaban J connectivity index is 1.54. The molecule has 0 saturated carbocycles. The summed E-state index contributed by atoms with van der Waals surface area (Å²) in [5, 5.41) is 9.11. The van der Waals surface area contributed by atoms with E-state index in [1.54, 1.807) is 24.4 Å². The maximum Gasteiger partial charge on any atom is 0.308 e. The van der Waals surface area contributed by atoms with Gasteiger partial charge in [-0.15, -0.1) is 0 Å². The number of esters is 1. The number of benzene rings is 2. The molecule has 0 saturated heterocycles. The second-order valence-electron chi connectivity index (χ2n) is 8.08. The largest absolute Gasteiger partial charge is 0.497 e. The number of carbonyl (C=O) groups excluding carboxylic acids is 1. The van der Waals surface area contributed by atoms with E-state index in [0.717, 1.165) is 45.9 Å². The zero-order chi connectivity index (χ0) is 23.4. The van der Waals surface area contributed by atoms with Gasteiger partial charge in [-0.05, 0) is 65.9 Å². The molecule has 4 aromatic rings. The number of carbonyl (C=O) groups is 1. The molecule has 0 aliphatic carbocycles. The minimum atomic E-state index is -0.331. The summed E-state index contributed by atoms with van der Waals surface area (Å²) in [6.07, 6.45) is 4.15. The Morgan fingerprint density at radius 1 is 1.15 bits per heavy atom. The molecule has 0 bridgehead atoms. The molecule has 7 heteroatoms. The first-order valence-electron chi connectivity index (χ1n) is 10.9. The highest BCUT2D eigenvalue weighted by Gasteiger charge is 2.14. The first kappa shape index (κ1) is 22.3. The lowest BCUT2D eigenvalue weighted by atomic mass is 9.98. The number of methoxy groups -OCH3 is 1. The predicted molar refractivity (Wildman–Crippen MR) is 125 cm³/mol. The highest BCUT2D eigenvalue weighted by atomic mass is 16.5. The molecular weight excluding hydrogens is 418 g/mol. The van der Waals surface area contributed by atoms with Gasteiger partial charge in [-0.25, -0.2) is 0 Å². The van der Waals surface area contributed by atoms with Crippen LogP contribution in [-0.2, 0) is 17.8 Å². The molecule has 7 nitrogen and oxygen atoms in total. The molecule has 2 aromatic carbocycles. The third-order valence-electron chi connectivity index (χ3n) is 5.40. The van der Waals surface area contributed by atoms with E-state index in [1.165, 1.54) is 6.92 Å². The Labute approximate surface area is 193 Å². The van der Waals surface area contributed by atoms with Crippen molar-refractivity contribution in [3.8, 4) is 34.1 Å². The number of aromatic nitrogens is 3. The molecule has 0 aliphatic heterocycles. The van der Waals surface area contributed by atoms with E-state index in [-0.39, 0.29) is 11.9 Å². The van der Waals surface area contributed by atoms with Gasteiger partial charge in [0, 0.05) is 18.1 Å². The van der Waals surface area contributed by atoms with E-state index in [2.05, 4.69) is 24.0 Å². The van der Waals surface area contributed by atoms with Gasteiger partial charge in [0.1, 0.15) is 23.0 Å². The van der Waals surface area contributed by atoms with E-state index in [1.807, 2.05) is 48.5 Å². The third kappa shape index (κ3) is 5.14. The summed E-state index contributed by atoms with van der Waals surface area (Å²) in [6, 6.07) is 15.5. The van der Waals surface area contributed by atoms with Gasteiger partial charge in [0.2, 0.25) is 0 Å². The van der Waals surface area contributed by atoms with E-state index in [0.29, 0.717) is 12.3 Å². The second-order valence-corrected chi connectivity index (χ2v) is 8.08. The maximum atomic E-state index is 11.4. The number of hydrogen-bond donors (Lipinski definition) is 0. The third-order valence-corrected chi connectivity index (χ3v) is 5.40.